The molecule has 6 heteroatoms. The molecule has 3 heterocycles. The number of benzene rings is 1. The van der Waals surface area contributed by atoms with Gasteiger partial charge in [0.1, 0.15) is 0 Å². The Morgan fingerprint density at radius 3 is 2.84 bits per heavy atom. The van der Waals surface area contributed by atoms with Crippen molar-refractivity contribution in [1.82, 2.24) is 10.3 Å². The first-order valence-electron chi connectivity index (χ1n) is 8.61. The molecule has 0 saturated carbocycles. The minimum atomic E-state index is -0.476. The molecule has 0 spiro atoms. The van der Waals surface area contributed by atoms with Gasteiger partial charge in [0.25, 0.3) is 0 Å². The van der Waals surface area contributed by atoms with Gasteiger partial charge in [-0.2, -0.15) is 0 Å². The van der Waals surface area contributed by atoms with E-state index in [1.54, 1.807) is 0 Å². The van der Waals surface area contributed by atoms with Gasteiger partial charge in [-0.3, -0.25) is 4.98 Å². The lowest BCUT2D eigenvalue weighted by Gasteiger charge is -2.48. The molecular formula is C19H27Cl2N3O. The first kappa shape index (κ1) is 20.2. The highest BCUT2D eigenvalue weighted by molar-refractivity contribution is 5.94. The Labute approximate surface area is 161 Å². The normalized spacial score (nSPS) is 25.7. The van der Waals surface area contributed by atoms with Gasteiger partial charge in [0.05, 0.1) is 11.1 Å². The number of rotatable bonds is 1. The quantitative estimate of drug-likeness (QED) is 0.793. The molecule has 1 aromatic carbocycles. The fourth-order valence-electron chi connectivity index (χ4n) is 4.32. The second kappa shape index (κ2) is 7.67. The van der Waals surface area contributed by atoms with Crippen LogP contribution in [0.1, 0.15) is 24.0 Å². The molecule has 2 atom stereocenters. The van der Waals surface area contributed by atoms with E-state index in [1.807, 2.05) is 6.20 Å². The summed E-state index contributed by atoms with van der Waals surface area (Å²) in [6.07, 6.45) is 3.65. The summed E-state index contributed by atoms with van der Waals surface area (Å²) in [5, 5.41) is 15.6. The number of halogens is 2. The van der Waals surface area contributed by atoms with Gasteiger partial charge < -0.3 is 15.3 Å². The largest absolute Gasteiger partial charge is 0.389 e. The predicted molar refractivity (Wildman–Crippen MR) is 108 cm³/mol. The van der Waals surface area contributed by atoms with E-state index < -0.39 is 5.60 Å². The first-order valence-corrected chi connectivity index (χ1v) is 8.61. The highest BCUT2D eigenvalue weighted by atomic mass is 35.5. The molecule has 2 N–H and O–H groups in total. The fourth-order valence-corrected chi connectivity index (χ4v) is 4.32. The number of fused-ring (bicyclic) bond motifs is 2. The topological polar surface area (TPSA) is 48.4 Å². The van der Waals surface area contributed by atoms with E-state index in [4.69, 9.17) is 0 Å². The van der Waals surface area contributed by atoms with Crippen LogP contribution in [0.5, 0.6) is 0 Å². The maximum absolute atomic E-state index is 10.9. The predicted octanol–water partition coefficient (Wildman–Crippen LogP) is 3.25. The number of nitrogens with zero attached hydrogens (tertiary/aromatic N) is 2. The molecule has 2 aliphatic heterocycles. The maximum Gasteiger partial charge on any atom is 0.0752 e. The van der Waals surface area contributed by atoms with Crippen LogP contribution in [-0.2, 0) is 0 Å². The van der Waals surface area contributed by atoms with Crippen LogP contribution < -0.4 is 10.2 Å². The summed E-state index contributed by atoms with van der Waals surface area (Å²) in [4.78, 5) is 7.02. The van der Waals surface area contributed by atoms with Crippen molar-refractivity contribution < 1.29 is 5.11 Å². The number of aromatic nitrogens is 1. The van der Waals surface area contributed by atoms with Crippen molar-refractivity contribution in [2.75, 3.05) is 31.1 Å². The molecule has 2 aromatic rings. The van der Waals surface area contributed by atoms with Gasteiger partial charge in [-0.05, 0) is 50.9 Å². The number of piperidine rings is 2. The van der Waals surface area contributed by atoms with Crippen molar-refractivity contribution >= 4 is 41.4 Å². The van der Waals surface area contributed by atoms with Crippen LogP contribution in [0, 0.1) is 19.8 Å². The van der Waals surface area contributed by atoms with Gasteiger partial charge in [-0.1, -0.05) is 11.6 Å². The summed E-state index contributed by atoms with van der Waals surface area (Å²) < 4.78 is 0. The minimum Gasteiger partial charge on any atom is -0.389 e. The van der Waals surface area contributed by atoms with Crippen LogP contribution in [-0.4, -0.2) is 41.9 Å². The molecule has 2 fully saturated rings. The molecular weight excluding hydrogens is 357 g/mol. The number of aryl methyl sites for hydroxylation is 2. The van der Waals surface area contributed by atoms with Crippen LogP contribution >= 0.6 is 24.8 Å². The highest BCUT2D eigenvalue weighted by Gasteiger charge is 2.43. The number of aliphatic hydroxyl groups is 1. The summed E-state index contributed by atoms with van der Waals surface area (Å²) in [5.74, 6) is 0.305. The Hall–Kier alpha value is -1.07. The van der Waals surface area contributed by atoms with Gasteiger partial charge >= 0.3 is 0 Å². The second-order valence-corrected chi connectivity index (χ2v) is 7.26. The van der Waals surface area contributed by atoms with Crippen molar-refractivity contribution in [2.24, 2.45) is 5.92 Å². The molecule has 4 nitrogen and oxygen atoms in total. The van der Waals surface area contributed by atoms with Crippen molar-refractivity contribution in [2.45, 2.75) is 32.3 Å². The molecule has 4 rings (SSSR count). The highest BCUT2D eigenvalue weighted by Crippen LogP contribution is 2.37. The number of hydrogen-bond acceptors (Lipinski definition) is 4. The van der Waals surface area contributed by atoms with Gasteiger partial charge in [0.2, 0.25) is 0 Å². The zero-order valence-corrected chi connectivity index (χ0v) is 16.4. The third kappa shape index (κ3) is 3.59. The monoisotopic (exact) mass is 383 g/mol. The lowest BCUT2D eigenvalue weighted by Crippen LogP contribution is -2.59. The number of anilines is 1. The summed E-state index contributed by atoms with van der Waals surface area (Å²) >= 11 is 0. The zero-order chi connectivity index (χ0) is 16.0. The molecule has 2 aliphatic rings. The molecule has 0 unspecified atom stereocenters. The maximum atomic E-state index is 10.9. The summed E-state index contributed by atoms with van der Waals surface area (Å²) in [6, 6.07) is 6.56. The molecule has 2 saturated heterocycles. The molecule has 25 heavy (non-hydrogen) atoms. The van der Waals surface area contributed by atoms with E-state index in [0.29, 0.717) is 5.92 Å². The number of pyridine rings is 1. The average molecular weight is 384 g/mol. The van der Waals surface area contributed by atoms with E-state index in [2.05, 4.69) is 47.2 Å². The van der Waals surface area contributed by atoms with Crippen molar-refractivity contribution in [3.63, 3.8) is 0 Å². The molecule has 138 valence electrons. The Bertz CT molecular complexity index is 755. The van der Waals surface area contributed by atoms with Gasteiger partial charge in [0.15, 0.2) is 0 Å². The van der Waals surface area contributed by atoms with Crippen LogP contribution in [0.2, 0.25) is 0 Å². The standard InChI is InChI=1S/C19H25N3O.2ClH/c1-13-9-14(2)18-16(10-13)17(3-6-21-18)22-8-5-19(23)4-7-20-11-15(19)12-22;;/h3,6,9-10,15,20,23H,4-5,7-8,11-12H2,1-2H3;2*1H/t15-,19-;;/m0../s1. The Kier molecular flexibility index (Phi) is 6.21. The average Bonchev–Trinajstić information content (AvgIpc) is 2.53. The van der Waals surface area contributed by atoms with E-state index >= 15 is 0 Å². The zero-order valence-electron chi connectivity index (χ0n) is 14.8. The van der Waals surface area contributed by atoms with Crippen molar-refractivity contribution in [3.05, 3.63) is 35.5 Å². The lowest BCUT2D eigenvalue weighted by atomic mass is 9.76. The molecule has 1 aromatic heterocycles. The summed E-state index contributed by atoms with van der Waals surface area (Å²) in [7, 11) is 0. The first-order chi connectivity index (χ1) is 11.1. The van der Waals surface area contributed by atoms with E-state index in [9.17, 15) is 5.11 Å². The number of hydrogen-bond donors (Lipinski definition) is 2. The van der Waals surface area contributed by atoms with E-state index in [-0.39, 0.29) is 24.8 Å². The van der Waals surface area contributed by atoms with Gasteiger partial charge in [0, 0.05) is 42.8 Å². The smallest absolute Gasteiger partial charge is 0.0752 e. The minimum absolute atomic E-state index is 0. The Morgan fingerprint density at radius 1 is 1.24 bits per heavy atom. The van der Waals surface area contributed by atoms with Crippen molar-refractivity contribution in [1.29, 1.82) is 0 Å². The van der Waals surface area contributed by atoms with Crippen LogP contribution in [0.3, 0.4) is 0 Å². The Balaban J connectivity index is 0.00000113. The summed E-state index contributed by atoms with van der Waals surface area (Å²) in [5.41, 5.74) is 4.38. The van der Waals surface area contributed by atoms with Gasteiger partial charge in [-0.15, -0.1) is 24.8 Å². The lowest BCUT2D eigenvalue weighted by molar-refractivity contribution is -0.0538. The molecule has 0 bridgehead atoms. The van der Waals surface area contributed by atoms with Crippen molar-refractivity contribution in [3.8, 4) is 0 Å². The second-order valence-electron chi connectivity index (χ2n) is 7.26. The molecule has 0 aliphatic carbocycles. The number of nitrogens with one attached hydrogen (secondary N) is 1. The van der Waals surface area contributed by atoms with E-state index in [1.165, 1.54) is 22.2 Å². The summed E-state index contributed by atoms with van der Waals surface area (Å²) in [6.45, 7) is 7.95. The van der Waals surface area contributed by atoms with Gasteiger partial charge in [-0.25, -0.2) is 0 Å². The molecule has 0 amide bonds. The Morgan fingerprint density at radius 2 is 2.04 bits per heavy atom. The molecule has 0 radical (unpaired) electrons. The van der Waals surface area contributed by atoms with Crippen LogP contribution in [0.15, 0.2) is 24.4 Å². The fraction of sp³-hybridized carbons (Fsp3) is 0.526. The van der Waals surface area contributed by atoms with Crippen LogP contribution in [0.25, 0.3) is 10.9 Å². The van der Waals surface area contributed by atoms with Crippen LogP contribution in [0.4, 0.5) is 5.69 Å². The third-order valence-electron chi connectivity index (χ3n) is 5.64. The SMILES string of the molecule is Cc1cc(C)c2nccc(N3CC[C@@]4(O)CCNC[C@H]4C3)c2c1.Cl.Cl. The van der Waals surface area contributed by atoms with E-state index in [0.717, 1.165) is 44.5 Å². The third-order valence-corrected chi connectivity index (χ3v) is 5.64.